The highest BCUT2D eigenvalue weighted by Gasteiger charge is 2.09. The van der Waals surface area contributed by atoms with Gasteiger partial charge in [-0.25, -0.2) is 0 Å². The van der Waals surface area contributed by atoms with Gasteiger partial charge in [0.2, 0.25) is 0 Å². The van der Waals surface area contributed by atoms with Crippen LogP contribution in [0.4, 0.5) is 5.69 Å². The fraction of sp³-hybridized carbons (Fsp3) is 0. The number of thiophene rings is 1. The molecule has 0 saturated heterocycles. The molecule has 0 amide bonds. The van der Waals surface area contributed by atoms with Crippen molar-refractivity contribution in [2.24, 2.45) is 0 Å². The molecule has 0 bridgehead atoms. The molecule has 0 saturated carbocycles. The van der Waals surface area contributed by atoms with E-state index in [0.717, 1.165) is 4.70 Å². The SMILES string of the molecule is N#Cc1ccc2scc(C#N)c2c1N. The van der Waals surface area contributed by atoms with Crippen LogP contribution in [0.25, 0.3) is 10.1 Å². The van der Waals surface area contributed by atoms with E-state index in [-0.39, 0.29) is 0 Å². The zero-order valence-corrected chi connectivity index (χ0v) is 7.93. The number of nitrogens with zero attached hydrogens (tertiary/aromatic N) is 2. The molecule has 2 N–H and O–H groups in total. The van der Waals surface area contributed by atoms with Crippen LogP contribution in [-0.2, 0) is 0 Å². The van der Waals surface area contributed by atoms with Crippen molar-refractivity contribution >= 4 is 27.1 Å². The van der Waals surface area contributed by atoms with Gasteiger partial charge in [0.1, 0.15) is 12.1 Å². The summed E-state index contributed by atoms with van der Waals surface area (Å²) in [6.45, 7) is 0. The number of nitrogen functional groups attached to an aromatic ring is 1. The van der Waals surface area contributed by atoms with Crippen LogP contribution in [0, 0.1) is 22.7 Å². The predicted octanol–water partition coefficient (Wildman–Crippen LogP) is 2.23. The fourth-order valence-corrected chi connectivity index (χ4v) is 2.24. The summed E-state index contributed by atoms with van der Waals surface area (Å²) in [5, 5.41) is 20.1. The van der Waals surface area contributed by atoms with Crippen LogP contribution in [0.5, 0.6) is 0 Å². The van der Waals surface area contributed by atoms with Gasteiger partial charge in [-0.2, -0.15) is 10.5 Å². The van der Waals surface area contributed by atoms with Crippen LogP contribution >= 0.6 is 11.3 Å². The van der Waals surface area contributed by atoms with Gasteiger partial charge in [0.25, 0.3) is 0 Å². The third-order valence-corrected chi connectivity index (χ3v) is 2.97. The lowest BCUT2D eigenvalue weighted by atomic mass is 10.1. The molecule has 2 rings (SSSR count). The molecule has 0 aliphatic carbocycles. The molecule has 0 radical (unpaired) electrons. The molecule has 4 heteroatoms. The Morgan fingerprint density at radius 3 is 2.50 bits per heavy atom. The molecule has 1 aromatic heterocycles. The number of hydrogen-bond donors (Lipinski definition) is 1. The second-order valence-corrected chi connectivity index (χ2v) is 3.68. The van der Waals surface area contributed by atoms with Gasteiger partial charge in [-0.1, -0.05) is 0 Å². The van der Waals surface area contributed by atoms with Crippen LogP contribution in [0.3, 0.4) is 0 Å². The summed E-state index contributed by atoms with van der Waals surface area (Å²) in [6, 6.07) is 7.55. The second kappa shape index (κ2) is 3.02. The van der Waals surface area contributed by atoms with Crippen molar-refractivity contribution in [1.82, 2.24) is 0 Å². The van der Waals surface area contributed by atoms with E-state index < -0.39 is 0 Å². The molecule has 3 nitrogen and oxygen atoms in total. The van der Waals surface area contributed by atoms with Gasteiger partial charge < -0.3 is 5.73 Å². The number of nitrogens with two attached hydrogens (primary N) is 1. The highest BCUT2D eigenvalue weighted by Crippen LogP contribution is 2.32. The minimum absolute atomic E-state index is 0.405. The Morgan fingerprint density at radius 1 is 1.14 bits per heavy atom. The van der Waals surface area contributed by atoms with Crippen LogP contribution < -0.4 is 5.73 Å². The summed E-state index contributed by atoms with van der Waals surface area (Å²) < 4.78 is 0.943. The Balaban J connectivity index is 2.94. The van der Waals surface area contributed by atoms with E-state index in [1.807, 2.05) is 12.1 Å². The summed E-state index contributed by atoms with van der Waals surface area (Å²) in [5.41, 5.74) is 7.15. The third-order valence-electron chi connectivity index (χ3n) is 2.02. The molecule has 0 spiro atoms. The molecule has 66 valence electrons. The van der Waals surface area contributed by atoms with Crippen LogP contribution in [0.2, 0.25) is 0 Å². The number of anilines is 1. The quantitative estimate of drug-likeness (QED) is 0.661. The van der Waals surface area contributed by atoms with E-state index in [0.29, 0.717) is 22.2 Å². The Bertz CT molecular complexity index is 584. The second-order valence-electron chi connectivity index (χ2n) is 2.77. The van der Waals surface area contributed by atoms with Gasteiger partial charge in [0.15, 0.2) is 0 Å². The van der Waals surface area contributed by atoms with Gasteiger partial charge in [-0.3, -0.25) is 0 Å². The molecule has 0 aliphatic rings. The Kier molecular flexibility index (Phi) is 1.85. The summed E-state index contributed by atoms with van der Waals surface area (Å²) >= 11 is 1.46. The van der Waals surface area contributed by atoms with Gasteiger partial charge >= 0.3 is 0 Å². The topological polar surface area (TPSA) is 73.6 Å². The van der Waals surface area contributed by atoms with Crippen molar-refractivity contribution < 1.29 is 0 Å². The average Bonchev–Trinajstić information content (AvgIpc) is 2.62. The lowest BCUT2D eigenvalue weighted by molar-refractivity contribution is 1.49. The van der Waals surface area contributed by atoms with E-state index in [1.54, 1.807) is 11.4 Å². The van der Waals surface area contributed by atoms with Gasteiger partial charge in [-0.15, -0.1) is 11.3 Å². The highest BCUT2D eigenvalue weighted by molar-refractivity contribution is 7.17. The number of hydrogen-bond acceptors (Lipinski definition) is 4. The zero-order valence-electron chi connectivity index (χ0n) is 7.11. The van der Waals surface area contributed by atoms with Gasteiger partial charge in [-0.05, 0) is 12.1 Å². The van der Waals surface area contributed by atoms with Gasteiger partial charge in [0.05, 0.1) is 16.8 Å². The van der Waals surface area contributed by atoms with Crippen molar-refractivity contribution in [2.45, 2.75) is 0 Å². The summed E-state index contributed by atoms with van der Waals surface area (Å²) in [7, 11) is 0. The normalized spacial score (nSPS) is 9.57. The van der Waals surface area contributed by atoms with E-state index >= 15 is 0 Å². The van der Waals surface area contributed by atoms with E-state index in [9.17, 15) is 0 Å². The van der Waals surface area contributed by atoms with Gasteiger partial charge in [0, 0.05) is 15.5 Å². The van der Waals surface area contributed by atoms with Crippen molar-refractivity contribution in [2.75, 3.05) is 5.73 Å². The predicted molar refractivity (Wildman–Crippen MR) is 55.7 cm³/mol. The minimum atomic E-state index is 0.405. The number of fused-ring (bicyclic) bond motifs is 1. The number of benzene rings is 1. The highest BCUT2D eigenvalue weighted by atomic mass is 32.1. The first-order valence-corrected chi connectivity index (χ1v) is 4.75. The third kappa shape index (κ3) is 1.02. The van der Waals surface area contributed by atoms with E-state index in [4.69, 9.17) is 16.3 Å². The largest absolute Gasteiger partial charge is 0.397 e. The Morgan fingerprint density at radius 2 is 1.86 bits per heavy atom. The molecule has 0 fully saturated rings. The molecular formula is C10H5N3S. The number of rotatable bonds is 0. The first-order valence-electron chi connectivity index (χ1n) is 3.88. The monoisotopic (exact) mass is 199 g/mol. The van der Waals surface area contributed by atoms with Crippen molar-refractivity contribution in [3.05, 3.63) is 28.6 Å². The Hall–Kier alpha value is -2.04. The Labute approximate surface area is 84.6 Å². The van der Waals surface area contributed by atoms with Crippen LogP contribution in [-0.4, -0.2) is 0 Å². The summed E-state index contributed by atoms with van der Waals surface area (Å²) in [5.74, 6) is 0. The van der Waals surface area contributed by atoms with Crippen molar-refractivity contribution in [3.8, 4) is 12.1 Å². The smallest absolute Gasteiger partial charge is 0.101 e. The standard InChI is InChI=1S/C10H5N3S/c11-3-6-1-2-8-9(10(6)13)7(4-12)5-14-8/h1-2,5H,13H2. The maximum Gasteiger partial charge on any atom is 0.101 e. The summed E-state index contributed by atoms with van der Waals surface area (Å²) in [6.07, 6.45) is 0. The maximum atomic E-state index is 8.83. The van der Waals surface area contributed by atoms with Crippen molar-refractivity contribution in [3.63, 3.8) is 0 Å². The molecule has 0 aliphatic heterocycles. The lowest BCUT2D eigenvalue weighted by Crippen LogP contribution is -1.91. The fourth-order valence-electron chi connectivity index (χ4n) is 1.34. The molecule has 1 heterocycles. The first-order chi connectivity index (χ1) is 6.77. The van der Waals surface area contributed by atoms with Crippen LogP contribution in [0.1, 0.15) is 11.1 Å². The minimum Gasteiger partial charge on any atom is -0.397 e. The first kappa shape index (κ1) is 8.55. The maximum absolute atomic E-state index is 8.83. The van der Waals surface area contributed by atoms with Crippen LogP contribution in [0.15, 0.2) is 17.5 Å². The zero-order chi connectivity index (χ0) is 10.1. The molecular weight excluding hydrogens is 194 g/mol. The number of nitriles is 2. The molecule has 0 unspecified atom stereocenters. The molecule has 0 atom stereocenters. The average molecular weight is 199 g/mol. The molecule has 2 aromatic rings. The van der Waals surface area contributed by atoms with Crippen molar-refractivity contribution in [1.29, 1.82) is 10.5 Å². The molecule has 14 heavy (non-hydrogen) atoms. The van der Waals surface area contributed by atoms with E-state index in [2.05, 4.69) is 6.07 Å². The summed E-state index contributed by atoms with van der Waals surface area (Å²) in [4.78, 5) is 0. The van der Waals surface area contributed by atoms with E-state index in [1.165, 1.54) is 11.3 Å². The molecule has 1 aromatic carbocycles. The lowest BCUT2D eigenvalue weighted by Gasteiger charge is -1.98.